The number of carbonyl (C=O) groups excluding carboxylic acids is 3. The zero-order chi connectivity index (χ0) is 30.8. The first-order chi connectivity index (χ1) is 19.7. The number of esters is 1. The summed E-state index contributed by atoms with van der Waals surface area (Å²) in [4.78, 5) is 41.2. The van der Waals surface area contributed by atoms with Crippen molar-refractivity contribution in [3.63, 3.8) is 0 Å². The quantitative estimate of drug-likeness (QED) is 0.253. The number of carbonyl (C=O) groups is 3. The zero-order valence-corrected chi connectivity index (χ0v) is 29.1. The van der Waals surface area contributed by atoms with Crippen LogP contribution in [0.1, 0.15) is 57.8 Å². The minimum Gasteiger partial charge on any atom is -0.455 e. The topological polar surface area (TPSA) is 169 Å². The predicted molar refractivity (Wildman–Crippen MR) is 142 cm³/mol. The van der Waals surface area contributed by atoms with E-state index in [0.29, 0.717) is 5.57 Å². The predicted octanol–water partition coefficient (Wildman–Crippen LogP) is 1.69. The molecule has 4 aliphatic rings. The number of aliphatic hydroxyl groups excluding tert-OH is 2. The van der Waals surface area contributed by atoms with E-state index in [1.54, 1.807) is 45.9 Å². The first kappa shape index (κ1) is 32.0. The van der Waals surface area contributed by atoms with E-state index < -0.39 is 76.4 Å². The Labute approximate surface area is 281 Å². The molecule has 2 saturated carbocycles. The smallest absolute Gasteiger partial charge is 0.455 e. The second-order valence-corrected chi connectivity index (χ2v) is 12.4. The molecule has 1 unspecified atom stereocenters. The van der Waals surface area contributed by atoms with Crippen LogP contribution in [-0.2, 0) is 23.7 Å². The molecule has 0 aromatic heterocycles. The summed E-state index contributed by atoms with van der Waals surface area (Å²) in [5.74, 6) is -2.98. The second kappa shape index (κ2) is 11.5. The average Bonchev–Trinajstić information content (AvgIpc) is 2.94. The molecule has 2 bridgehead atoms. The summed E-state index contributed by atoms with van der Waals surface area (Å²) in [7, 11) is 0. The van der Waals surface area contributed by atoms with Crippen LogP contribution in [0, 0.1) is 60.8 Å². The Morgan fingerprint density at radius 2 is 1.81 bits per heavy atom. The van der Waals surface area contributed by atoms with Gasteiger partial charge in [0.15, 0.2) is 11.9 Å². The molecule has 1 aromatic rings. The molecule has 1 aromatic carbocycles. The van der Waals surface area contributed by atoms with Crippen molar-refractivity contribution in [2.45, 2.75) is 89.2 Å². The standard InChI is InChI=1S/C30H38O11.Ac/c1-6-38-26(35)40-21-20-15(2)17(31)13-30(37,27(20,3)4)24(41-25(34)16-10-8-7-9-11-16)22-28(5,23(21)33)18(32)12-19-29(22,36)14-39-19;/h7-11,17-19,21-22,24,31-32,36-37H,6,12-14H2,1-5H3;/t17-,18-,19+,21+,22?,24-,28+,29-,30+;/m0./s1/i32D;. The van der Waals surface area contributed by atoms with Gasteiger partial charge in [-0.3, -0.25) is 4.79 Å². The fraction of sp³-hybridized carbons (Fsp3) is 0.633. The third kappa shape index (κ3) is 4.72. The maximum atomic E-state index is 14.8. The van der Waals surface area contributed by atoms with E-state index in [0.717, 1.165) is 0 Å². The van der Waals surface area contributed by atoms with E-state index in [2.05, 4.69) is 0 Å². The number of hydrogen-bond acceptors (Lipinski definition) is 11. The van der Waals surface area contributed by atoms with Crippen molar-refractivity contribution in [3.05, 3.63) is 47.0 Å². The number of ether oxygens (including phenoxy) is 4. The number of rotatable bonds is 5. The van der Waals surface area contributed by atoms with Gasteiger partial charge in [0.1, 0.15) is 17.3 Å². The number of benzene rings is 1. The average molecular weight is 803 g/mol. The van der Waals surface area contributed by atoms with Crippen molar-refractivity contribution in [2.75, 3.05) is 13.2 Å². The van der Waals surface area contributed by atoms with Crippen LogP contribution in [0.15, 0.2) is 41.5 Å². The summed E-state index contributed by atoms with van der Waals surface area (Å²) >= 11 is 0. The van der Waals surface area contributed by atoms with Gasteiger partial charge in [0.05, 0.1) is 42.5 Å². The largest absolute Gasteiger partial charge is 0.509 e. The summed E-state index contributed by atoms with van der Waals surface area (Å²) in [6.45, 7) is 7.53. The number of fused-ring (bicyclic) bond motifs is 5. The molecule has 3 fully saturated rings. The molecule has 12 heteroatoms. The number of hydrogen-bond donors (Lipinski definition) is 4. The fourth-order valence-corrected chi connectivity index (χ4v) is 7.57. The van der Waals surface area contributed by atoms with Crippen molar-refractivity contribution in [1.82, 2.24) is 0 Å². The summed E-state index contributed by atoms with van der Waals surface area (Å²) in [5, 5.41) is 41.3. The first-order valence-electron chi connectivity index (χ1n) is 14.3. The maximum absolute atomic E-state index is 14.8. The molecule has 3 aliphatic carbocycles. The Hall–Kier alpha value is -1.39. The van der Waals surface area contributed by atoms with Crippen molar-refractivity contribution in [3.8, 4) is 0 Å². The number of aliphatic hydroxyl groups is 4. The zero-order valence-electron chi connectivity index (χ0n) is 25.4. The van der Waals surface area contributed by atoms with Gasteiger partial charge in [0, 0.05) is 68.2 Å². The van der Waals surface area contributed by atoms with Crippen LogP contribution in [0.4, 0.5) is 4.79 Å². The van der Waals surface area contributed by atoms with Gasteiger partial charge < -0.3 is 39.4 Å². The van der Waals surface area contributed by atoms with Gasteiger partial charge in [0.2, 0.25) is 1.43 Å². The van der Waals surface area contributed by atoms with Crippen LogP contribution in [0.3, 0.4) is 0 Å². The Kier molecular flexibility index (Phi) is 8.78. The van der Waals surface area contributed by atoms with Gasteiger partial charge in [-0.15, -0.1) is 0 Å². The molecule has 9 atom stereocenters. The van der Waals surface area contributed by atoms with Crippen molar-refractivity contribution in [2.24, 2.45) is 16.7 Å². The van der Waals surface area contributed by atoms with Crippen LogP contribution >= 0.6 is 0 Å². The minimum absolute atomic E-state index is 0. The molecule has 1 heterocycles. The fourth-order valence-electron chi connectivity index (χ4n) is 7.57. The molecule has 227 valence electrons. The Morgan fingerprint density at radius 3 is 2.38 bits per heavy atom. The van der Waals surface area contributed by atoms with Gasteiger partial charge in [-0.2, -0.15) is 0 Å². The van der Waals surface area contributed by atoms with Crippen LogP contribution in [-0.4, -0.2) is 94.7 Å². The molecule has 11 nitrogen and oxygen atoms in total. The molecule has 0 spiro atoms. The van der Waals surface area contributed by atoms with Crippen molar-refractivity contribution >= 4 is 17.9 Å². The summed E-state index contributed by atoms with van der Waals surface area (Å²) < 4.78 is 30.4. The summed E-state index contributed by atoms with van der Waals surface area (Å²) in [5.41, 5.74) is -6.66. The van der Waals surface area contributed by atoms with Gasteiger partial charge in [0.25, 0.3) is 0 Å². The van der Waals surface area contributed by atoms with Crippen LogP contribution in [0.5, 0.6) is 0 Å². The van der Waals surface area contributed by atoms with E-state index in [4.69, 9.17) is 25.5 Å². The van der Waals surface area contributed by atoms with Gasteiger partial charge in [-0.05, 0) is 44.1 Å². The van der Waals surface area contributed by atoms with Crippen LogP contribution < -0.4 is 0 Å². The summed E-state index contributed by atoms with van der Waals surface area (Å²) in [6, 6.07) is 8.05. The molecule has 5 rings (SSSR count). The third-order valence-corrected chi connectivity index (χ3v) is 10.1. The molecule has 42 heavy (non-hydrogen) atoms. The Balaban J connectivity index is 0.00000423. The minimum atomic E-state index is -2.12. The molecule has 0 amide bonds. The monoisotopic (exact) mass is 802 g/mol. The molecule has 1 saturated heterocycles. The number of ketones is 1. The number of Topliss-reactive ketones (excluding diaryl/α,β-unsaturated/α-hetero) is 1. The first-order valence-corrected chi connectivity index (χ1v) is 13.9. The van der Waals surface area contributed by atoms with Gasteiger partial charge in [-0.1, -0.05) is 32.0 Å². The molecule has 1 aliphatic heterocycles. The van der Waals surface area contributed by atoms with E-state index in [1.807, 2.05) is 0 Å². The van der Waals surface area contributed by atoms with E-state index >= 15 is 0 Å². The maximum Gasteiger partial charge on any atom is 0.509 e. The molecule has 4 N–H and O–H groups in total. The molecular weight excluding hydrogens is 763 g/mol. The van der Waals surface area contributed by atoms with Crippen LogP contribution in [0.25, 0.3) is 0 Å². The van der Waals surface area contributed by atoms with E-state index in [9.17, 15) is 29.7 Å². The van der Waals surface area contributed by atoms with Crippen molar-refractivity contribution < 1.29 is 97.8 Å². The van der Waals surface area contributed by atoms with Gasteiger partial charge >= 0.3 is 12.1 Å². The Morgan fingerprint density at radius 1 is 1.14 bits per heavy atom. The van der Waals surface area contributed by atoms with Gasteiger partial charge in [-0.25, -0.2) is 9.59 Å². The van der Waals surface area contributed by atoms with Crippen LogP contribution in [0.2, 0.25) is 0 Å². The van der Waals surface area contributed by atoms with Crippen molar-refractivity contribution in [1.29, 1.82) is 1.43 Å². The SMILES string of the molecule is [2H]O[C@H]1C[C@H]2OC[C@@]2(O)C2[C@H](OC(=O)c3ccccc3)[C@]3(O)C[C@H](O)C(C)=C([C@@H](OC(=O)OCC)C(=O)[C@@]21C)C3(C)C.[Ac]. The third-order valence-electron chi connectivity index (χ3n) is 10.1. The molecule has 1 radical (unpaired) electrons. The molecular formula is C30H38AcO11. The van der Waals surface area contributed by atoms with E-state index in [-0.39, 0.29) is 81.3 Å². The normalized spacial score (nSPS) is 40.5. The van der Waals surface area contributed by atoms with E-state index in [1.165, 1.54) is 19.1 Å². The Bertz CT molecular complexity index is 1300. The summed E-state index contributed by atoms with van der Waals surface area (Å²) in [6.07, 6.45) is -8.28. The second-order valence-electron chi connectivity index (χ2n) is 12.4.